The van der Waals surface area contributed by atoms with Gasteiger partial charge in [0.2, 0.25) is 0 Å². The molecular weight excluding hydrogens is 300 g/mol. The zero-order chi connectivity index (χ0) is 16.6. The summed E-state index contributed by atoms with van der Waals surface area (Å²) in [5.74, 6) is 0.400. The van der Waals surface area contributed by atoms with Crippen LogP contribution >= 0.6 is 0 Å². The Morgan fingerprint density at radius 3 is 2.96 bits per heavy atom. The van der Waals surface area contributed by atoms with Crippen LogP contribution in [-0.4, -0.2) is 41.2 Å². The summed E-state index contributed by atoms with van der Waals surface area (Å²) in [6.07, 6.45) is 2.21. The summed E-state index contributed by atoms with van der Waals surface area (Å²) in [5, 5.41) is 11.7. The van der Waals surface area contributed by atoms with E-state index in [4.69, 9.17) is 4.74 Å². The molecule has 2 aromatic rings. The van der Waals surface area contributed by atoms with E-state index in [2.05, 4.69) is 16.9 Å². The number of nitro groups is 1. The predicted octanol–water partition coefficient (Wildman–Crippen LogP) is 1.69. The van der Waals surface area contributed by atoms with Crippen molar-refractivity contribution in [2.24, 2.45) is 5.92 Å². The summed E-state index contributed by atoms with van der Waals surface area (Å²) < 4.78 is 5.48. The second-order valence-corrected chi connectivity index (χ2v) is 5.83. The topological polar surface area (TPSA) is 101 Å². The number of piperidine rings is 1. The lowest BCUT2D eigenvalue weighted by Crippen LogP contribution is -2.44. The van der Waals surface area contributed by atoms with Crippen molar-refractivity contribution in [3.8, 4) is 0 Å². The van der Waals surface area contributed by atoms with Gasteiger partial charge in [0.05, 0.1) is 28.3 Å². The number of hydrogen-bond donors (Lipinski definition) is 1. The van der Waals surface area contributed by atoms with E-state index in [-0.39, 0.29) is 22.7 Å². The van der Waals surface area contributed by atoms with Gasteiger partial charge < -0.3 is 14.6 Å². The molecule has 1 N–H and O–H groups in total. The maximum atomic E-state index is 11.8. The van der Waals surface area contributed by atoms with Crippen molar-refractivity contribution in [2.45, 2.75) is 19.4 Å². The molecule has 2 heterocycles. The number of rotatable bonds is 3. The highest BCUT2D eigenvalue weighted by Crippen LogP contribution is 2.34. The Kier molecular flexibility index (Phi) is 3.99. The first kappa shape index (κ1) is 15.4. The van der Waals surface area contributed by atoms with E-state index in [1.54, 1.807) is 13.2 Å². The fraction of sp³-hybridized carbons (Fsp3) is 0.467. The van der Waals surface area contributed by atoms with Gasteiger partial charge in [-0.1, -0.05) is 6.92 Å². The molecule has 2 atom stereocenters. The number of H-pyrrole nitrogens is 1. The van der Waals surface area contributed by atoms with Crippen molar-refractivity contribution in [3.05, 3.63) is 38.9 Å². The van der Waals surface area contributed by atoms with Crippen LogP contribution in [0.25, 0.3) is 10.9 Å². The molecule has 8 nitrogen and oxygen atoms in total. The summed E-state index contributed by atoms with van der Waals surface area (Å²) in [7, 11) is 1.65. The average molecular weight is 318 g/mol. The minimum absolute atomic E-state index is 0.0196. The van der Waals surface area contributed by atoms with Gasteiger partial charge >= 0.3 is 0 Å². The summed E-state index contributed by atoms with van der Waals surface area (Å²) in [5.41, 5.74) is 0.462. The number of aromatic amines is 1. The highest BCUT2D eigenvalue weighted by Gasteiger charge is 2.30. The molecule has 1 aromatic heterocycles. The Bertz CT molecular complexity index is 804. The smallest absolute Gasteiger partial charge is 0.293 e. The van der Waals surface area contributed by atoms with Gasteiger partial charge in [-0.3, -0.25) is 14.9 Å². The SMILES string of the molecule is COC1CN(c2cc3nc[nH]c(=O)c3cc2[N+](=O)[O-])CCC1C. The lowest BCUT2D eigenvalue weighted by molar-refractivity contribution is -0.384. The van der Waals surface area contributed by atoms with Gasteiger partial charge in [0, 0.05) is 26.3 Å². The predicted molar refractivity (Wildman–Crippen MR) is 85.8 cm³/mol. The maximum Gasteiger partial charge on any atom is 0.293 e. The monoisotopic (exact) mass is 318 g/mol. The molecule has 2 unspecified atom stereocenters. The van der Waals surface area contributed by atoms with Crippen LogP contribution in [0, 0.1) is 16.0 Å². The maximum absolute atomic E-state index is 11.8. The first-order chi connectivity index (χ1) is 11.0. The van der Waals surface area contributed by atoms with Gasteiger partial charge in [-0.2, -0.15) is 0 Å². The third-order valence-corrected chi connectivity index (χ3v) is 4.47. The molecule has 1 aromatic carbocycles. The quantitative estimate of drug-likeness (QED) is 0.682. The molecule has 1 saturated heterocycles. The number of nitrogens with one attached hydrogen (secondary N) is 1. The van der Waals surface area contributed by atoms with E-state index < -0.39 is 4.92 Å². The van der Waals surface area contributed by atoms with Crippen molar-refractivity contribution < 1.29 is 9.66 Å². The molecule has 3 rings (SSSR count). The van der Waals surface area contributed by atoms with Crippen molar-refractivity contribution in [2.75, 3.05) is 25.1 Å². The third kappa shape index (κ3) is 2.77. The molecule has 8 heteroatoms. The normalized spacial score (nSPS) is 21.6. The number of benzene rings is 1. The Labute approximate surface area is 132 Å². The lowest BCUT2D eigenvalue weighted by atomic mass is 9.95. The van der Waals surface area contributed by atoms with Crippen LogP contribution in [0.3, 0.4) is 0 Å². The number of nitro benzene ring substituents is 1. The van der Waals surface area contributed by atoms with Gasteiger partial charge in [-0.05, 0) is 18.4 Å². The van der Waals surface area contributed by atoms with E-state index in [1.807, 2.05) is 4.90 Å². The molecule has 23 heavy (non-hydrogen) atoms. The number of nitrogens with zero attached hydrogens (tertiary/aromatic N) is 3. The molecule has 1 aliphatic heterocycles. The molecule has 122 valence electrons. The fourth-order valence-corrected chi connectivity index (χ4v) is 3.05. The largest absolute Gasteiger partial charge is 0.379 e. The molecule has 0 aliphatic carbocycles. The summed E-state index contributed by atoms with van der Waals surface area (Å²) >= 11 is 0. The molecule has 0 spiro atoms. The second kappa shape index (κ2) is 5.96. The Morgan fingerprint density at radius 2 is 2.26 bits per heavy atom. The van der Waals surface area contributed by atoms with Crippen molar-refractivity contribution in [3.63, 3.8) is 0 Å². The van der Waals surface area contributed by atoms with Crippen molar-refractivity contribution in [1.29, 1.82) is 0 Å². The van der Waals surface area contributed by atoms with Crippen molar-refractivity contribution in [1.82, 2.24) is 9.97 Å². The van der Waals surface area contributed by atoms with E-state index in [9.17, 15) is 14.9 Å². The number of aromatic nitrogens is 2. The number of hydrogen-bond acceptors (Lipinski definition) is 6. The van der Waals surface area contributed by atoms with E-state index in [0.717, 1.165) is 6.42 Å². The van der Waals surface area contributed by atoms with Gasteiger partial charge in [-0.15, -0.1) is 0 Å². The Hall–Kier alpha value is -2.48. The summed E-state index contributed by atoms with van der Waals surface area (Å²) in [6.45, 7) is 3.39. The first-order valence-electron chi connectivity index (χ1n) is 7.45. The highest BCUT2D eigenvalue weighted by molar-refractivity contribution is 5.87. The van der Waals surface area contributed by atoms with Gasteiger partial charge in [-0.25, -0.2) is 4.98 Å². The standard InChI is InChI=1S/C15H18N4O4/c1-9-3-4-18(7-14(9)23-2)12-6-11-10(5-13(12)19(21)22)15(20)17-8-16-11/h5-6,8-9,14H,3-4,7H2,1-2H3,(H,16,17,20). The summed E-state index contributed by atoms with van der Waals surface area (Å²) in [4.78, 5) is 31.3. The van der Waals surface area contributed by atoms with Crippen LogP contribution in [0.4, 0.5) is 11.4 Å². The van der Waals surface area contributed by atoms with Gasteiger partial charge in [0.1, 0.15) is 5.69 Å². The minimum Gasteiger partial charge on any atom is -0.379 e. The fourth-order valence-electron chi connectivity index (χ4n) is 3.05. The molecular formula is C15H18N4O4. The van der Waals surface area contributed by atoms with Crippen LogP contribution in [0.1, 0.15) is 13.3 Å². The Morgan fingerprint density at radius 1 is 1.48 bits per heavy atom. The van der Waals surface area contributed by atoms with Crippen LogP contribution in [0.2, 0.25) is 0 Å². The molecule has 0 bridgehead atoms. The van der Waals surface area contributed by atoms with E-state index >= 15 is 0 Å². The minimum atomic E-state index is -0.457. The lowest BCUT2D eigenvalue weighted by Gasteiger charge is -2.37. The van der Waals surface area contributed by atoms with Gasteiger partial charge in [0.15, 0.2) is 0 Å². The van der Waals surface area contributed by atoms with E-state index in [0.29, 0.717) is 30.2 Å². The number of anilines is 1. The number of methoxy groups -OCH3 is 1. The third-order valence-electron chi connectivity index (χ3n) is 4.47. The summed E-state index contributed by atoms with van der Waals surface area (Å²) in [6, 6.07) is 2.92. The molecule has 0 saturated carbocycles. The molecule has 0 radical (unpaired) electrons. The van der Waals surface area contributed by atoms with Gasteiger partial charge in [0.25, 0.3) is 11.2 Å². The molecule has 1 aliphatic rings. The zero-order valence-electron chi connectivity index (χ0n) is 13.0. The van der Waals surface area contributed by atoms with Crippen LogP contribution in [-0.2, 0) is 4.74 Å². The second-order valence-electron chi connectivity index (χ2n) is 5.83. The van der Waals surface area contributed by atoms with Crippen molar-refractivity contribution >= 4 is 22.3 Å². The average Bonchev–Trinajstić information content (AvgIpc) is 2.54. The van der Waals surface area contributed by atoms with E-state index in [1.165, 1.54) is 12.4 Å². The van der Waals surface area contributed by atoms with Crippen LogP contribution in [0.5, 0.6) is 0 Å². The zero-order valence-corrected chi connectivity index (χ0v) is 13.0. The van der Waals surface area contributed by atoms with Crippen LogP contribution < -0.4 is 10.5 Å². The highest BCUT2D eigenvalue weighted by atomic mass is 16.6. The first-order valence-corrected chi connectivity index (χ1v) is 7.45. The Balaban J connectivity index is 2.10. The van der Waals surface area contributed by atoms with Crippen LogP contribution in [0.15, 0.2) is 23.3 Å². The number of ether oxygens (including phenoxy) is 1. The number of fused-ring (bicyclic) bond motifs is 1. The molecule has 0 amide bonds. The molecule has 1 fully saturated rings.